The largest absolute Gasteiger partial charge is 0.507 e. The molecular formula is C49H82N2O4. The number of benzene rings is 2. The number of aliphatic imine (C=N–C) groups is 2. The van der Waals surface area contributed by atoms with Crippen LogP contribution in [0.2, 0.25) is 0 Å². The summed E-state index contributed by atoms with van der Waals surface area (Å²) < 4.78 is 11.8. The number of phenols is 2. The molecule has 1 atom stereocenters. The second kappa shape index (κ2) is 34.2. The average Bonchev–Trinajstić information content (AvgIpc) is 3.18. The third-order valence-electron chi connectivity index (χ3n) is 10.6. The minimum atomic E-state index is -0.0817. The molecule has 0 bridgehead atoms. The second-order valence-electron chi connectivity index (χ2n) is 16.0. The van der Waals surface area contributed by atoms with Crippen LogP contribution in [0.5, 0.6) is 23.0 Å². The molecular weight excluding hydrogens is 681 g/mol. The molecule has 2 N–H and O–H groups in total. The van der Waals surface area contributed by atoms with Crippen LogP contribution in [0.15, 0.2) is 46.4 Å². The van der Waals surface area contributed by atoms with Crippen molar-refractivity contribution >= 4 is 12.4 Å². The van der Waals surface area contributed by atoms with Crippen LogP contribution in [0.25, 0.3) is 0 Å². The van der Waals surface area contributed by atoms with Gasteiger partial charge in [-0.05, 0) is 44.0 Å². The fraction of sp³-hybridized carbons (Fsp3) is 0.714. The first-order valence-corrected chi connectivity index (χ1v) is 23.0. The van der Waals surface area contributed by atoms with Gasteiger partial charge in [0.15, 0.2) is 0 Å². The van der Waals surface area contributed by atoms with Gasteiger partial charge in [-0.15, -0.1) is 0 Å². The van der Waals surface area contributed by atoms with Crippen molar-refractivity contribution in [3.63, 3.8) is 0 Å². The molecule has 0 aliphatic heterocycles. The highest BCUT2D eigenvalue weighted by Gasteiger charge is 2.05. The highest BCUT2D eigenvalue weighted by atomic mass is 16.5. The van der Waals surface area contributed by atoms with Gasteiger partial charge in [0.1, 0.15) is 23.0 Å². The summed E-state index contributed by atoms with van der Waals surface area (Å²) in [5.41, 5.74) is 1.31. The van der Waals surface area contributed by atoms with Crippen molar-refractivity contribution in [2.45, 2.75) is 207 Å². The lowest BCUT2D eigenvalue weighted by Crippen LogP contribution is -2.04. The zero-order chi connectivity index (χ0) is 39.4. The molecule has 0 spiro atoms. The Bertz CT molecular complexity index is 1250. The summed E-state index contributed by atoms with van der Waals surface area (Å²) >= 11 is 0. The fourth-order valence-corrected chi connectivity index (χ4v) is 6.98. The van der Waals surface area contributed by atoms with Crippen LogP contribution in [-0.2, 0) is 0 Å². The van der Waals surface area contributed by atoms with Gasteiger partial charge < -0.3 is 19.7 Å². The number of hydrogen-bond donors (Lipinski definition) is 2. The maximum atomic E-state index is 10.5. The molecule has 0 unspecified atom stereocenters. The van der Waals surface area contributed by atoms with Gasteiger partial charge in [0.2, 0.25) is 0 Å². The number of phenolic OH excluding ortho intramolecular Hbond substituents is 2. The van der Waals surface area contributed by atoms with E-state index in [9.17, 15) is 10.2 Å². The maximum Gasteiger partial charge on any atom is 0.128 e. The third-order valence-corrected chi connectivity index (χ3v) is 10.6. The molecule has 55 heavy (non-hydrogen) atoms. The predicted molar refractivity (Wildman–Crippen MR) is 237 cm³/mol. The normalized spacial score (nSPS) is 12.3. The van der Waals surface area contributed by atoms with Crippen molar-refractivity contribution in [3.05, 3.63) is 47.5 Å². The first kappa shape index (κ1) is 48.1. The minimum absolute atomic E-state index is 0.0817. The molecule has 2 aromatic rings. The summed E-state index contributed by atoms with van der Waals surface area (Å²) in [6.07, 6.45) is 40.9. The molecule has 0 amide bonds. The predicted octanol–water partition coefficient (Wildman–Crippen LogP) is 14.7. The van der Waals surface area contributed by atoms with Crippen molar-refractivity contribution < 1.29 is 19.7 Å². The summed E-state index contributed by atoms with van der Waals surface area (Å²) in [6.45, 7) is 8.35. The van der Waals surface area contributed by atoms with Crippen LogP contribution in [0.3, 0.4) is 0 Å². The van der Waals surface area contributed by atoms with Gasteiger partial charge in [-0.1, -0.05) is 181 Å². The lowest BCUT2D eigenvalue weighted by Gasteiger charge is -2.09. The number of rotatable bonds is 37. The number of nitrogens with zero attached hydrogens (tertiary/aromatic N) is 2. The first-order valence-electron chi connectivity index (χ1n) is 23.0. The van der Waals surface area contributed by atoms with Gasteiger partial charge in [-0.2, -0.15) is 0 Å². The number of aromatic hydroxyl groups is 2. The van der Waals surface area contributed by atoms with E-state index in [0.717, 1.165) is 12.8 Å². The van der Waals surface area contributed by atoms with Crippen molar-refractivity contribution in [1.29, 1.82) is 0 Å². The highest BCUT2D eigenvalue weighted by Crippen LogP contribution is 2.24. The van der Waals surface area contributed by atoms with E-state index in [4.69, 9.17) is 9.47 Å². The Kier molecular flexibility index (Phi) is 30.0. The lowest BCUT2D eigenvalue weighted by molar-refractivity contribution is 0.302. The van der Waals surface area contributed by atoms with E-state index in [1.165, 1.54) is 167 Å². The number of ether oxygens (including phenoxy) is 2. The number of hydrogen-bond acceptors (Lipinski definition) is 6. The lowest BCUT2D eigenvalue weighted by atomic mass is 10.0. The summed E-state index contributed by atoms with van der Waals surface area (Å²) in [7, 11) is 0. The Morgan fingerprint density at radius 2 is 0.800 bits per heavy atom. The molecule has 0 aliphatic carbocycles. The van der Waals surface area contributed by atoms with Gasteiger partial charge >= 0.3 is 0 Å². The molecule has 0 radical (unpaired) electrons. The Morgan fingerprint density at radius 1 is 0.473 bits per heavy atom. The van der Waals surface area contributed by atoms with Crippen molar-refractivity contribution in [2.24, 2.45) is 9.98 Å². The van der Waals surface area contributed by atoms with Crippen LogP contribution in [0.4, 0.5) is 0 Å². The molecule has 0 heterocycles. The van der Waals surface area contributed by atoms with Crippen LogP contribution in [0.1, 0.15) is 212 Å². The molecule has 0 aromatic heterocycles. The molecule has 0 saturated carbocycles. The summed E-state index contributed by atoms with van der Waals surface area (Å²) in [5, 5.41) is 21.0. The number of unbranched alkanes of at least 4 members (excludes halogenated alkanes) is 26. The van der Waals surface area contributed by atoms with Gasteiger partial charge in [0.05, 0.1) is 25.8 Å². The monoisotopic (exact) mass is 763 g/mol. The molecule has 6 nitrogen and oxygen atoms in total. The maximum absolute atomic E-state index is 10.5. The van der Waals surface area contributed by atoms with E-state index in [-0.39, 0.29) is 17.5 Å². The van der Waals surface area contributed by atoms with Gasteiger partial charge in [0, 0.05) is 35.7 Å². The Balaban J connectivity index is 1.51. The summed E-state index contributed by atoms with van der Waals surface area (Å²) in [4.78, 5) is 9.06. The Hall–Kier alpha value is -3.02. The second-order valence-corrected chi connectivity index (χ2v) is 16.0. The van der Waals surface area contributed by atoms with Crippen molar-refractivity contribution in [3.8, 4) is 23.0 Å². The molecule has 2 aromatic carbocycles. The quantitative estimate of drug-likeness (QED) is 0.0530. The molecule has 0 aliphatic rings. The zero-order valence-electron chi connectivity index (χ0n) is 35.7. The van der Waals surface area contributed by atoms with Crippen LogP contribution < -0.4 is 9.47 Å². The van der Waals surface area contributed by atoms with E-state index < -0.39 is 0 Å². The Labute approximate surface area is 338 Å². The van der Waals surface area contributed by atoms with E-state index in [2.05, 4.69) is 23.8 Å². The van der Waals surface area contributed by atoms with E-state index in [0.29, 0.717) is 42.4 Å². The summed E-state index contributed by atoms with van der Waals surface area (Å²) in [5.74, 6) is 1.70. The first-order chi connectivity index (χ1) is 27.0. The van der Waals surface area contributed by atoms with Crippen LogP contribution >= 0.6 is 0 Å². The third kappa shape index (κ3) is 26.5. The Morgan fingerprint density at radius 3 is 1.15 bits per heavy atom. The van der Waals surface area contributed by atoms with Gasteiger partial charge in [-0.25, -0.2) is 0 Å². The van der Waals surface area contributed by atoms with Crippen molar-refractivity contribution in [1.82, 2.24) is 0 Å². The van der Waals surface area contributed by atoms with Crippen LogP contribution in [0, 0.1) is 0 Å². The van der Waals surface area contributed by atoms with E-state index in [1.54, 1.807) is 24.6 Å². The molecule has 0 saturated heterocycles. The van der Waals surface area contributed by atoms with E-state index >= 15 is 0 Å². The van der Waals surface area contributed by atoms with Gasteiger partial charge in [-0.3, -0.25) is 9.98 Å². The average molecular weight is 763 g/mol. The molecule has 6 heteroatoms. The minimum Gasteiger partial charge on any atom is -0.507 e. The SMILES string of the molecule is CCCCCCCCCCCCCCCCOc1ccc(C=NC[C@@H](C)N=Cc2ccc(OCCCCCCCCCCCCCCCC)cc2O)c(O)c1. The van der Waals surface area contributed by atoms with Crippen molar-refractivity contribution in [2.75, 3.05) is 19.8 Å². The topological polar surface area (TPSA) is 83.6 Å². The standard InChI is InChI=1S/C49H82N2O4/c1-4-6-8-10-12-14-16-18-20-22-24-26-28-30-36-54-46-34-32-44(48(52)38-46)41-50-40-43(3)51-42-45-33-35-47(39-49(45)53)55-37-31-29-27-25-23-21-19-17-15-13-11-9-7-5-2/h32-35,38-39,41-43,52-53H,4-31,36-37,40H2,1-3H3/t43-/m1/s1. The summed E-state index contributed by atoms with van der Waals surface area (Å²) in [6, 6.07) is 10.7. The molecule has 312 valence electrons. The van der Waals surface area contributed by atoms with E-state index in [1.807, 2.05) is 31.2 Å². The highest BCUT2D eigenvalue weighted by molar-refractivity contribution is 5.84. The fourth-order valence-electron chi connectivity index (χ4n) is 6.98. The molecule has 2 rings (SSSR count). The molecule has 0 fully saturated rings. The van der Waals surface area contributed by atoms with Gasteiger partial charge in [0.25, 0.3) is 0 Å². The smallest absolute Gasteiger partial charge is 0.128 e. The zero-order valence-corrected chi connectivity index (χ0v) is 35.7. The van der Waals surface area contributed by atoms with Crippen LogP contribution in [-0.4, -0.2) is 48.4 Å².